The predicted molar refractivity (Wildman–Crippen MR) is 228 cm³/mol. The molecule has 0 radical (unpaired) electrons. The number of aliphatic hydroxyl groups excluding tert-OH is 4. The Balaban J connectivity index is 2.39. The van der Waals surface area contributed by atoms with Crippen molar-refractivity contribution in [3.63, 3.8) is 0 Å². The van der Waals surface area contributed by atoms with E-state index in [0.29, 0.717) is 12.8 Å². The molecule has 0 aromatic heterocycles. The minimum absolute atomic E-state index is 0.101. The summed E-state index contributed by atoms with van der Waals surface area (Å²) in [5.74, 6) is -0.925. The Morgan fingerprint density at radius 1 is 0.561 bits per heavy atom. The molecule has 0 spiro atoms. The maximum Gasteiger partial charge on any atom is 0.306 e. The summed E-state index contributed by atoms with van der Waals surface area (Å²) in [4.78, 5) is 25.2. The van der Waals surface area contributed by atoms with Gasteiger partial charge < -0.3 is 39.4 Å². The fourth-order valence-electron chi connectivity index (χ4n) is 5.85. The van der Waals surface area contributed by atoms with Crippen LogP contribution in [-0.4, -0.2) is 89.0 Å². The quantitative estimate of drug-likeness (QED) is 0.0282. The topological polar surface area (TPSA) is 152 Å². The van der Waals surface area contributed by atoms with Crippen LogP contribution in [0, 0.1) is 0 Å². The lowest BCUT2D eigenvalue weighted by Crippen LogP contribution is -2.59. The van der Waals surface area contributed by atoms with Crippen molar-refractivity contribution in [2.24, 2.45) is 0 Å². The van der Waals surface area contributed by atoms with Gasteiger partial charge in [-0.1, -0.05) is 137 Å². The molecule has 0 aromatic rings. The molecule has 57 heavy (non-hydrogen) atoms. The molecule has 10 heteroatoms. The van der Waals surface area contributed by atoms with Gasteiger partial charge in [0.2, 0.25) is 0 Å². The van der Waals surface area contributed by atoms with E-state index in [0.717, 1.165) is 77.0 Å². The van der Waals surface area contributed by atoms with E-state index in [2.05, 4.69) is 86.8 Å². The number of esters is 2. The zero-order valence-electron chi connectivity index (χ0n) is 35.0. The predicted octanol–water partition coefficient (Wildman–Crippen LogP) is 8.99. The molecule has 6 atom stereocenters. The molecular weight excluding hydrogens is 725 g/mol. The molecular formula is C47H76O10. The van der Waals surface area contributed by atoms with Gasteiger partial charge in [0.25, 0.3) is 0 Å². The SMILES string of the molecule is CC/C=C\C/C=C\C/C=C\C/C=C\CCC(=O)OC(COC(=O)CCCCCCCC/C=C\C/C=C\C/C=C\CCCCC)COC1OC(CO)C(O)C(O)C1O. The molecule has 0 aromatic carbocycles. The van der Waals surface area contributed by atoms with E-state index in [1.807, 2.05) is 12.2 Å². The maximum atomic E-state index is 12.7. The number of carbonyl (C=O) groups is 2. The molecule has 0 amide bonds. The van der Waals surface area contributed by atoms with Crippen molar-refractivity contribution in [2.45, 2.75) is 179 Å². The van der Waals surface area contributed by atoms with Crippen LogP contribution in [0.4, 0.5) is 0 Å². The lowest BCUT2D eigenvalue weighted by Gasteiger charge is -2.39. The highest BCUT2D eigenvalue weighted by atomic mass is 16.7. The van der Waals surface area contributed by atoms with E-state index < -0.39 is 55.4 Å². The van der Waals surface area contributed by atoms with E-state index in [1.165, 1.54) is 25.7 Å². The van der Waals surface area contributed by atoms with Crippen molar-refractivity contribution in [3.05, 3.63) is 85.1 Å². The molecule has 4 N–H and O–H groups in total. The molecule has 1 heterocycles. The van der Waals surface area contributed by atoms with Gasteiger partial charge in [0.05, 0.1) is 13.2 Å². The fourth-order valence-corrected chi connectivity index (χ4v) is 5.85. The molecule has 1 aliphatic rings. The third-order valence-corrected chi connectivity index (χ3v) is 9.28. The standard InChI is InChI=1S/C47H76O10/c1-3-5-7-9-11-13-15-17-18-19-20-21-22-24-25-27-29-31-33-35-42(49)54-38-40(39-55-47-46(53)45(52)44(51)41(37-48)57-47)56-43(50)36-34-32-30-28-26-23-16-14-12-10-8-6-4-2/h6,8,11-14,17-18,20-21,23,26,30,32,40-41,44-48,51-53H,3-5,7,9-10,15-16,19,22,24-25,27-29,31,33-39H2,1-2H3/b8-6-,13-11-,14-12-,18-17-,21-20-,26-23-,32-30-. The molecule has 1 fully saturated rings. The van der Waals surface area contributed by atoms with E-state index in [4.69, 9.17) is 18.9 Å². The monoisotopic (exact) mass is 801 g/mol. The van der Waals surface area contributed by atoms with Gasteiger partial charge in [0.15, 0.2) is 12.4 Å². The van der Waals surface area contributed by atoms with Crippen molar-refractivity contribution >= 4 is 11.9 Å². The molecule has 0 saturated carbocycles. The fraction of sp³-hybridized carbons (Fsp3) is 0.660. The van der Waals surface area contributed by atoms with E-state index in [1.54, 1.807) is 0 Å². The number of rotatable bonds is 34. The normalized spacial score (nSPS) is 21.1. The minimum Gasteiger partial charge on any atom is -0.462 e. The van der Waals surface area contributed by atoms with Crippen molar-refractivity contribution in [1.82, 2.24) is 0 Å². The van der Waals surface area contributed by atoms with Crippen LogP contribution in [0.25, 0.3) is 0 Å². The molecule has 1 rings (SSSR count). The second-order valence-corrected chi connectivity index (χ2v) is 14.4. The summed E-state index contributed by atoms with van der Waals surface area (Å²) in [6.07, 6.45) is 40.3. The number of allylic oxidation sites excluding steroid dienone is 14. The third kappa shape index (κ3) is 28.9. The van der Waals surface area contributed by atoms with Gasteiger partial charge >= 0.3 is 11.9 Å². The number of unbranched alkanes of at least 4 members (excludes halogenated alkanes) is 9. The minimum atomic E-state index is -1.61. The summed E-state index contributed by atoms with van der Waals surface area (Å²) in [6, 6.07) is 0. The van der Waals surface area contributed by atoms with E-state index in [9.17, 15) is 30.0 Å². The van der Waals surface area contributed by atoms with E-state index in [-0.39, 0.29) is 26.1 Å². The number of hydrogen-bond donors (Lipinski definition) is 4. The summed E-state index contributed by atoms with van der Waals surface area (Å²) in [6.45, 7) is 3.17. The van der Waals surface area contributed by atoms with Gasteiger partial charge in [-0.05, 0) is 77.0 Å². The van der Waals surface area contributed by atoms with Crippen LogP contribution in [0.3, 0.4) is 0 Å². The largest absolute Gasteiger partial charge is 0.462 e. The van der Waals surface area contributed by atoms with Gasteiger partial charge in [-0.2, -0.15) is 0 Å². The van der Waals surface area contributed by atoms with Gasteiger partial charge in [-0.3, -0.25) is 9.59 Å². The van der Waals surface area contributed by atoms with Gasteiger partial charge in [0.1, 0.15) is 31.0 Å². The van der Waals surface area contributed by atoms with Crippen LogP contribution in [0.15, 0.2) is 85.1 Å². The Hall–Kier alpha value is -3.12. The number of aliphatic hydroxyl groups is 4. The van der Waals surface area contributed by atoms with Crippen molar-refractivity contribution in [1.29, 1.82) is 0 Å². The summed E-state index contributed by atoms with van der Waals surface area (Å²) >= 11 is 0. The second-order valence-electron chi connectivity index (χ2n) is 14.4. The molecule has 6 unspecified atom stereocenters. The van der Waals surface area contributed by atoms with Gasteiger partial charge in [-0.25, -0.2) is 0 Å². The molecule has 0 aliphatic carbocycles. The Bertz CT molecular complexity index is 1200. The van der Waals surface area contributed by atoms with Crippen LogP contribution < -0.4 is 0 Å². The Morgan fingerprint density at radius 3 is 1.63 bits per heavy atom. The first-order valence-electron chi connectivity index (χ1n) is 21.7. The summed E-state index contributed by atoms with van der Waals surface area (Å²) in [5, 5.41) is 40.0. The second kappa shape index (κ2) is 37.2. The smallest absolute Gasteiger partial charge is 0.306 e. The molecule has 324 valence electrons. The Labute approximate surface area is 344 Å². The molecule has 10 nitrogen and oxygen atoms in total. The Morgan fingerprint density at radius 2 is 1.07 bits per heavy atom. The first kappa shape index (κ1) is 51.9. The van der Waals surface area contributed by atoms with Crippen molar-refractivity contribution in [3.8, 4) is 0 Å². The molecule has 1 aliphatic heterocycles. The van der Waals surface area contributed by atoms with Gasteiger partial charge in [0, 0.05) is 12.8 Å². The average molecular weight is 801 g/mol. The summed E-state index contributed by atoms with van der Waals surface area (Å²) < 4.78 is 22.0. The van der Waals surface area contributed by atoms with Crippen molar-refractivity contribution < 1.29 is 49.0 Å². The van der Waals surface area contributed by atoms with Gasteiger partial charge in [-0.15, -0.1) is 0 Å². The number of carbonyl (C=O) groups excluding carboxylic acids is 2. The summed E-state index contributed by atoms with van der Waals surface area (Å²) in [7, 11) is 0. The first-order chi connectivity index (χ1) is 27.8. The Kier molecular flexibility index (Phi) is 33.8. The van der Waals surface area contributed by atoms with Crippen LogP contribution in [0.5, 0.6) is 0 Å². The molecule has 0 bridgehead atoms. The highest BCUT2D eigenvalue weighted by molar-refractivity contribution is 5.70. The highest BCUT2D eigenvalue weighted by Gasteiger charge is 2.44. The number of hydrogen-bond acceptors (Lipinski definition) is 10. The van der Waals surface area contributed by atoms with Crippen LogP contribution in [0.1, 0.15) is 142 Å². The lowest BCUT2D eigenvalue weighted by molar-refractivity contribution is -0.305. The lowest BCUT2D eigenvalue weighted by atomic mass is 9.99. The van der Waals surface area contributed by atoms with Crippen molar-refractivity contribution in [2.75, 3.05) is 19.8 Å². The summed E-state index contributed by atoms with van der Waals surface area (Å²) in [5.41, 5.74) is 0. The zero-order chi connectivity index (χ0) is 41.6. The first-order valence-corrected chi connectivity index (χ1v) is 21.7. The number of ether oxygens (including phenoxy) is 4. The third-order valence-electron chi connectivity index (χ3n) is 9.28. The highest BCUT2D eigenvalue weighted by Crippen LogP contribution is 2.22. The average Bonchev–Trinajstić information content (AvgIpc) is 3.21. The molecule has 1 saturated heterocycles. The van der Waals surface area contributed by atoms with Crippen LogP contribution in [0.2, 0.25) is 0 Å². The van der Waals surface area contributed by atoms with E-state index >= 15 is 0 Å². The van der Waals surface area contributed by atoms with Crippen LogP contribution in [-0.2, 0) is 28.5 Å². The zero-order valence-corrected chi connectivity index (χ0v) is 35.0. The van der Waals surface area contributed by atoms with Crippen LogP contribution >= 0.6 is 0 Å². The maximum absolute atomic E-state index is 12.7.